The number of carbonyl (C=O) groups excluding carboxylic acids is 1. The SMILES string of the molecule is CC(C)CCNC(=O)c1cccc(N2CCCN(C(C)C)CC2)n1. The molecule has 134 valence electrons. The summed E-state index contributed by atoms with van der Waals surface area (Å²) in [6.45, 7) is 13.6. The van der Waals surface area contributed by atoms with Gasteiger partial charge in [-0.2, -0.15) is 0 Å². The van der Waals surface area contributed by atoms with Crippen LogP contribution >= 0.6 is 0 Å². The Bertz CT molecular complexity index is 530. The first-order chi connectivity index (χ1) is 11.5. The molecule has 2 heterocycles. The van der Waals surface area contributed by atoms with Crippen LogP contribution in [0.1, 0.15) is 51.0 Å². The summed E-state index contributed by atoms with van der Waals surface area (Å²) in [5.41, 5.74) is 0.515. The summed E-state index contributed by atoms with van der Waals surface area (Å²) in [5.74, 6) is 1.43. The Morgan fingerprint density at radius 1 is 1.17 bits per heavy atom. The van der Waals surface area contributed by atoms with E-state index in [2.05, 4.69) is 47.8 Å². The summed E-state index contributed by atoms with van der Waals surface area (Å²) >= 11 is 0. The van der Waals surface area contributed by atoms with E-state index in [9.17, 15) is 4.79 Å². The van der Waals surface area contributed by atoms with Crippen molar-refractivity contribution in [3.05, 3.63) is 23.9 Å². The van der Waals surface area contributed by atoms with Crippen molar-refractivity contribution in [3.63, 3.8) is 0 Å². The summed E-state index contributed by atoms with van der Waals surface area (Å²) in [5, 5.41) is 2.97. The Morgan fingerprint density at radius 3 is 2.67 bits per heavy atom. The smallest absolute Gasteiger partial charge is 0.269 e. The number of hydrogen-bond acceptors (Lipinski definition) is 4. The third-order valence-electron chi connectivity index (χ3n) is 4.56. The topological polar surface area (TPSA) is 48.5 Å². The van der Waals surface area contributed by atoms with Gasteiger partial charge in [-0.1, -0.05) is 19.9 Å². The van der Waals surface area contributed by atoms with E-state index in [1.807, 2.05) is 12.1 Å². The molecule has 5 nitrogen and oxygen atoms in total. The lowest BCUT2D eigenvalue weighted by molar-refractivity contribution is 0.0947. The van der Waals surface area contributed by atoms with Gasteiger partial charge < -0.3 is 10.2 Å². The molecule has 0 radical (unpaired) electrons. The molecule has 0 atom stereocenters. The highest BCUT2D eigenvalue weighted by molar-refractivity contribution is 5.92. The highest BCUT2D eigenvalue weighted by Crippen LogP contribution is 2.15. The molecular formula is C19H32N4O. The quantitative estimate of drug-likeness (QED) is 0.870. The Balaban J connectivity index is 1.98. The van der Waals surface area contributed by atoms with Crippen molar-refractivity contribution in [1.29, 1.82) is 0 Å². The third-order valence-corrected chi connectivity index (χ3v) is 4.56. The second kappa shape index (κ2) is 9.02. The van der Waals surface area contributed by atoms with Crippen molar-refractivity contribution in [2.75, 3.05) is 37.6 Å². The van der Waals surface area contributed by atoms with Crippen LogP contribution in [0, 0.1) is 5.92 Å². The lowest BCUT2D eigenvalue weighted by Gasteiger charge is -2.25. The van der Waals surface area contributed by atoms with E-state index >= 15 is 0 Å². The normalized spacial score (nSPS) is 16.5. The first kappa shape index (κ1) is 18.7. The van der Waals surface area contributed by atoms with Crippen molar-refractivity contribution >= 4 is 11.7 Å². The van der Waals surface area contributed by atoms with Gasteiger partial charge in [-0.3, -0.25) is 9.69 Å². The molecule has 1 fully saturated rings. The van der Waals surface area contributed by atoms with E-state index in [0.29, 0.717) is 24.2 Å². The number of pyridine rings is 1. The zero-order valence-corrected chi connectivity index (χ0v) is 15.6. The molecule has 2 rings (SSSR count). The number of aromatic nitrogens is 1. The maximum Gasteiger partial charge on any atom is 0.269 e. The molecule has 1 aromatic heterocycles. The van der Waals surface area contributed by atoms with E-state index in [4.69, 9.17) is 0 Å². The summed E-state index contributed by atoms with van der Waals surface area (Å²) in [4.78, 5) is 21.7. The zero-order valence-electron chi connectivity index (χ0n) is 15.6. The van der Waals surface area contributed by atoms with Crippen molar-refractivity contribution in [2.24, 2.45) is 5.92 Å². The average molecular weight is 332 g/mol. The van der Waals surface area contributed by atoms with Gasteiger partial charge in [0.1, 0.15) is 11.5 Å². The first-order valence-corrected chi connectivity index (χ1v) is 9.21. The molecule has 1 amide bonds. The molecule has 24 heavy (non-hydrogen) atoms. The number of carbonyl (C=O) groups is 1. The minimum Gasteiger partial charge on any atom is -0.355 e. The van der Waals surface area contributed by atoms with Crippen molar-refractivity contribution in [1.82, 2.24) is 15.2 Å². The van der Waals surface area contributed by atoms with Crippen molar-refractivity contribution in [2.45, 2.75) is 46.6 Å². The molecule has 0 aromatic carbocycles. The molecule has 1 saturated heterocycles. The highest BCUT2D eigenvalue weighted by atomic mass is 16.1. The first-order valence-electron chi connectivity index (χ1n) is 9.21. The van der Waals surface area contributed by atoms with Crippen LogP contribution in [-0.4, -0.2) is 54.6 Å². The van der Waals surface area contributed by atoms with Gasteiger partial charge in [-0.05, 0) is 44.7 Å². The molecule has 0 aliphatic carbocycles. The monoisotopic (exact) mass is 332 g/mol. The molecule has 1 aliphatic rings. The summed E-state index contributed by atoms with van der Waals surface area (Å²) in [6, 6.07) is 6.32. The molecule has 1 aliphatic heterocycles. The summed E-state index contributed by atoms with van der Waals surface area (Å²) in [6.07, 6.45) is 2.12. The molecule has 5 heteroatoms. The van der Waals surface area contributed by atoms with E-state index in [1.54, 1.807) is 6.07 Å². The third kappa shape index (κ3) is 5.48. The van der Waals surface area contributed by atoms with Gasteiger partial charge in [0.2, 0.25) is 0 Å². The van der Waals surface area contributed by atoms with E-state index < -0.39 is 0 Å². The molecule has 0 bridgehead atoms. The van der Waals surface area contributed by atoms with Gasteiger partial charge in [0.15, 0.2) is 0 Å². The lowest BCUT2D eigenvalue weighted by atomic mass is 10.1. The number of anilines is 1. The Kier molecular flexibility index (Phi) is 7.03. The Morgan fingerprint density at radius 2 is 1.96 bits per heavy atom. The van der Waals surface area contributed by atoms with Crippen LogP contribution in [0.4, 0.5) is 5.82 Å². The van der Waals surface area contributed by atoms with Gasteiger partial charge in [0, 0.05) is 38.8 Å². The van der Waals surface area contributed by atoms with Crippen LogP contribution in [0.25, 0.3) is 0 Å². The molecule has 0 spiro atoms. The molecule has 0 saturated carbocycles. The fraction of sp³-hybridized carbons (Fsp3) is 0.684. The largest absolute Gasteiger partial charge is 0.355 e. The predicted octanol–water partition coefficient (Wildman–Crippen LogP) is 2.78. The Labute approximate surface area is 146 Å². The molecule has 1 aromatic rings. The summed E-state index contributed by atoms with van der Waals surface area (Å²) < 4.78 is 0. The number of amides is 1. The number of nitrogens with one attached hydrogen (secondary N) is 1. The van der Waals surface area contributed by atoms with E-state index in [-0.39, 0.29) is 5.91 Å². The summed E-state index contributed by atoms with van der Waals surface area (Å²) in [7, 11) is 0. The average Bonchev–Trinajstić information content (AvgIpc) is 2.80. The van der Waals surface area contributed by atoms with Gasteiger partial charge in [-0.25, -0.2) is 4.98 Å². The van der Waals surface area contributed by atoms with Crippen molar-refractivity contribution < 1.29 is 4.79 Å². The minimum absolute atomic E-state index is 0.0730. The number of rotatable bonds is 6. The van der Waals surface area contributed by atoms with Crippen LogP contribution < -0.4 is 10.2 Å². The lowest BCUT2D eigenvalue weighted by Crippen LogP contribution is -2.35. The Hall–Kier alpha value is -1.62. The van der Waals surface area contributed by atoms with E-state index in [0.717, 1.165) is 44.8 Å². The fourth-order valence-electron chi connectivity index (χ4n) is 2.97. The zero-order chi connectivity index (χ0) is 17.5. The van der Waals surface area contributed by atoms with Crippen LogP contribution in [0.2, 0.25) is 0 Å². The minimum atomic E-state index is -0.0730. The second-order valence-corrected chi connectivity index (χ2v) is 7.29. The van der Waals surface area contributed by atoms with Crippen LogP contribution in [0.3, 0.4) is 0 Å². The van der Waals surface area contributed by atoms with Gasteiger partial charge in [0.25, 0.3) is 5.91 Å². The van der Waals surface area contributed by atoms with Gasteiger partial charge in [0.05, 0.1) is 0 Å². The highest BCUT2D eigenvalue weighted by Gasteiger charge is 2.18. The molecule has 1 N–H and O–H groups in total. The standard InChI is InChI=1S/C19H32N4O/c1-15(2)9-10-20-19(24)17-7-5-8-18(21-17)23-12-6-11-22(13-14-23)16(3)4/h5,7-8,15-16H,6,9-14H2,1-4H3,(H,20,24). The van der Waals surface area contributed by atoms with Crippen molar-refractivity contribution in [3.8, 4) is 0 Å². The van der Waals surface area contributed by atoms with Gasteiger partial charge in [-0.15, -0.1) is 0 Å². The molecular weight excluding hydrogens is 300 g/mol. The van der Waals surface area contributed by atoms with Gasteiger partial charge >= 0.3 is 0 Å². The number of hydrogen-bond donors (Lipinski definition) is 1. The van der Waals surface area contributed by atoms with Crippen LogP contribution in [-0.2, 0) is 0 Å². The maximum atomic E-state index is 12.3. The number of nitrogens with zero attached hydrogens (tertiary/aromatic N) is 3. The second-order valence-electron chi connectivity index (χ2n) is 7.29. The predicted molar refractivity (Wildman–Crippen MR) is 99.6 cm³/mol. The molecule has 0 unspecified atom stereocenters. The fourth-order valence-corrected chi connectivity index (χ4v) is 2.97. The van der Waals surface area contributed by atoms with Crippen LogP contribution in [0.5, 0.6) is 0 Å². The van der Waals surface area contributed by atoms with E-state index in [1.165, 1.54) is 0 Å². The van der Waals surface area contributed by atoms with Crippen LogP contribution in [0.15, 0.2) is 18.2 Å². The maximum absolute atomic E-state index is 12.3.